The molecule has 0 radical (unpaired) electrons. The molecule has 1 N–H and O–H groups in total. The quantitative estimate of drug-likeness (QED) is 0.911. The van der Waals surface area contributed by atoms with Crippen LogP contribution in [0, 0.1) is 11.6 Å². The minimum absolute atomic E-state index is 0.0603. The highest BCUT2D eigenvalue weighted by atomic mass is 19.1. The zero-order chi connectivity index (χ0) is 14.0. The third-order valence-corrected chi connectivity index (χ3v) is 2.96. The van der Waals surface area contributed by atoms with Gasteiger partial charge in [-0.05, 0) is 29.7 Å². The monoisotopic (exact) mass is 262 g/mol. The number of carboxylic acid groups (broad SMARTS) is 1. The van der Waals surface area contributed by atoms with Crippen molar-refractivity contribution in [1.29, 1.82) is 0 Å². The van der Waals surface area contributed by atoms with E-state index in [2.05, 4.69) is 0 Å². The number of rotatable bonds is 3. The molecule has 0 fully saturated rings. The van der Waals surface area contributed by atoms with Crippen LogP contribution in [0.25, 0.3) is 11.1 Å². The van der Waals surface area contributed by atoms with Gasteiger partial charge in [0, 0.05) is 5.56 Å². The van der Waals surface area contributed by atoms with E-state index >= 15 is 0 Å². The summed E-state index contributed by atoms with van der Waals surface area (Å²) < 4.78 is 27.4. The molecule has 0 amide bonds. The Hall–Kier alpha value is -2.23. The molecule has 0 atom stereocenters. The summed E-state index contributed by atoms with van der Waals surface area (Å²) in [4.78, 5) is 10.7. The first-order valence-electron chi connectivity index (χ1n) is 5.84. The highest BCUT2D eigenvalue weighted by Crippen LogP contribution is 2.26. The average molecular weight is 262 g/mol. The minimum Gasteiger partial charge on any atom is -0.478 e. The van der Waals surface area contributed by atoms with Gasteiger partial charge in [-0.3, -0.25) is 0 Å². The van der Waals surface area contributed by atoms with Crippen molar-refractivity contribution in [2.45, 2.75) is 13.3 Å². The molecule has 0 aliphatic carbocycles. The summed E-state index contributed by atoms with van der Waals surface area (Å²) in [5.41, 5.74) is 1.01. The molecular weight excluding hydrogens is 250 g/mol. The summed E-state index contributed by atoms with van der Waals surface area (Å²) >= 11 is 0. The lowest BCUT2D eigenvalue weighted by Gasteiger charge is -2.07. The molecule has 0 aromatic heterocycles. The Bertz CT molecular complexity index is 619. The van der Waals surface area contributed by atoms with Crippen molar-refractivity contribution in [3.8, 4) is 11.1 Å². The van der Waals surface area contributed by atoms with Gasteiger partial charge in [0.15, 0.2) is 0 Å². The van der Waals surface area contributed by atoms with E-state index < -0.39 is 23.2 Å². The lowest BCUT2D eigenvalue weighted by Crippen LogP contribution is -2.02. The van der Waals surface area contributed by atoms with Crippen molar-refractivity contribution in [2.75, 3.05) is 0 Å². The number of aromatic carboxylic acids is 1. The number of hydrogen-bond donors (Lipinski definition) is 1. The SMILES string of the molecule is CCc1ccc(-c2cc(F)c(C(=O)O)cc2F)cc1. The van der Waals surface area contributed by atoms with E-state index in [-0.39, 0.29) is 5.56 Å². The Labute approximate surface area is 109 Å². The molecule has 0 spiro atoms. The maximum absolute atomic E-state index is 13.8. The molecule has 98 valence electrons. The Morgan fingerprint density at radius 3 is 2.26 bits per heavy atom. The number of carbonyl (C=O) groups is 1. The lowest BCUT2D eigenvalue weighted by atomic mass is 10.0. The van der Waals surface area contributed by atoms with Gasteiger partial charge in [0.1, 0.15) is 11.6 Å². The van der Waals surface area contributed by atoms with Crippen LogP contribution < -0.4 is 0 Å². The molecule has 2 aromatic rings. The maximum Gasteiger partial charge on any atom is 0.338 e. The van der Waals surface area contributed by atoms with E-state index in [0.717, 1.165) is 18.1 Å². The van der Waals surface area contributed by atoms with Crippen molar-refractivity contribution in [3.63, 3.8) is 0 Å². The van der Waals surface area contributed by atoms with Gasteiger partial charge in [0.25, 0.3) is 0 Å². The van der Waals surface area contributed by atoms with Gasteiger partial charge >= 0.3 is 5.97 Å². The molecule has 19 heavy (non-hydrogen) atoms. The Morgan fingerprint density at radius 2 is 1.74 bits per heavy atom. The van der Waals surface area contributed by atoms with Crippen LogP contribution in [0.4, 0.5) is 8.78 Å². The molecule has 0 aliphatic heterocycles. The number of carboxylic acids is 1. The fourth-order valence-electron chi connectivity index (χ4n) is 1.85. The molecule has 0 aliphatic rings. The average Bonchev–Trinajstić information content (AvgIpc) is 2.41. The Morgan fingerprint density at radius 1 is 1.11 bits per heavy atom. The van der Waals surface area contributed by atoms with Gasteiger partial charge in [-0.2, -0.15) is 0 Å². The summed E-state index contributed by atoms with van der Waals surface area (Å²) in [5, 5.41) is 8.71. The van der Waals surface area contributed by atoms with Gasteiger partial charge in [-0.15, -0.1) is 0 Å². The molecule has 0 bridgehead atoms. The summed E-state index contributed by atoms with van der Waals surface area (Å²) in [5.74, 6) is -3.17. The molecule has 2 nitrogen and oxygen atoms in total. The fourth-order valence-corrected chi connectivity index (χ4v) is 1.85. The molecule has 2 aromatic carbocycles. The topological polar surface area (TPSA) is 37.3 Å². The zero-order valence-corrected chi connectivity index (χ0v) is 10.3. The number of halogens is 2. The van der Waals surface area contributed by atoms with Crippen LogP contribution >= 0.6 is 0 Å². The van der Waals surface area contributed by atoms with Crippen LogP contribution in [-0.2, 0) is 6.42 Å². The molecule has 0 heterocycles. The van der Waals surface area contributed by atoms with Crippen LogP contribution in [0.2, 0.25) is 0 Å². The van der Waals surface area contributed by atoms with E-state index in [0.29, 0.717) is 11.6 Å². The van der Waals surface area contributed by atoms with E-state index in [9.17, 15) is 13.6 Å². The minimum atomic E-state index is -1.48. The molecule has 0 saturated carbocycles. The highest BCUT2D eigenvalue weighted by molar-refractivity contribution is 5.88. The third kappa shape index (κ3) is 2.62. The predicted molar refractivity (Wildman–Crippen MR) is 68.1 cm³/mol. The summed E-state index contributed by atoms with van der Waals surface area (Å²) in [6.45, 7) is 2.00. The van der Waals surface area contributed by atoms with Gasteiger partial charge in [-0.1, -0.05) is 31.2 Å². The van der Waals surface area contributed by atoms with E-state index in [4.69, 9.17) is 5.11 Å². The first kappa shape index (κ1) is 13.2. The third-order valence-electron chi connectivity index (χ3n) is 2.96. The maximum atomic E-state index is 13.8. The molecule has 0 saturated heterocycles. The van der Waals surface area contributed by atoms with Crippen LogP contribution in [0.1, 0.15) is 22.8 Å². The second-order valence-corrected chi connectivity index (χ2v) is 4.17. The standard InChI is InChI=1S/C15H12F2O2/c1-2-9-3-5-10(6-4-9)11-7-14(17)12(15(18)19)8-13(11)16/h3-8H,2H2,1H3,(H,18,19). The summed E-state index contributed by atoms with van der Waals surface area (Å²) in [6, 6.07) is 8.67. The van der Waals surface area contributed by atoms with Crippen LogP contribution in [0.3, 0.4) is 0 Å². The smallest absolute Gasteiger partial charge is 0.338 e. The molecule has 2 rings (SSSR count). The van der Waals surface area contributed by atoms with Gasteiger partial charge in [-0.25, -0.2) is 13.6 Å². The van der Waals surface area contributed by atoms with Crippen LogP contribution in [0.15, 0.2) is 36.4 Å². The van der Waals surface area contributed by atoms with Crippen molar-refractivity contribution in [1.82, 2.24) is 0 Å². The van der Waals surface area contributed by atoms with Gasteiger partial charge in [0.2, 0.25) is 0 Å². The molecular formula is C15H12F2O2. The first-order valence-corrected chi connectivity index (χ1v) is 5.84. The second kappa shape index (κ2) is 5.18. The normalized spacial score (nSPS) is 10.5. The largest absolute Gasteiger partial charge is 0.478 e. The summed E-state index contributed by atoms with van der Waals surface area (Å²) in [7, 11) is 0. The van der Waals surface area contributed by atoms with E-state index in [1.807, 2.05) is 19.1 Å². The van der Waals surface area contributed by atoms with Gasteiger partial charge in [0.05, 0.1) is 5.56 Å². The Balaban J connectivity index is 2.50. The van der Waals surface area contributed by atoms with E-state index in [1.54, 1.807) is 12.1 Å². The van der Waals surface area contributed by atoms with Crippen molar-refractivity contribution >= 4 is 5.97 Å². The number of benzene rings is 2. The second-order valence-electron chi connectivity index (χ2n) is 4.17. The van der Waals surface area contributed by atoms with Gasteiger partial charge < -0.3 is 5.11 Å². The first-order chi connectivity index (χ1) is 9.02. The lowest BCUT2D eigenvalue weighted by molar-refractivity contribution is 0.0691. The van der Waals surface area contributed by atoms with Crippen LogP contribution in [-0.4, -0.2) is 11.1 Å². The van der Waals surface area contributed by atoms with Crippen molar-refractivity contribution in [3.05, 3.63) is 59.2 Å². The number of aryl methyl sites for hydroxylation is 1. The summed E-state index contributed by atoms with van der Waals surface area (Å²) in [6.07, 6.45) is 0.856. The predicted octanol–water partition coefficient (Wildman–Crippen LogP) is 3.89. The Kier molecular flexibility index (Phi) is 3.60. The van der Waals surface area contributed by atoms with Crippen molar-refractivity contribution in [2.24, 2.45) is 0 Å². The highest BCUT2D eigenvalue weighted by Gasteiger charge is 2.16. The molecule has 0 unspecified atom stereocenters. The zero-order valence-electron chi connectivity index (χ0n) is 10.3. The fraction of sp³-hybridized carbons (Fsp3) is 0.133. The number of hydrogen-bond acceptors (Lipinski definition) is 1. The van der Waals surface area contributed by atoms with Crippen LogP contribution in [0.5, 0.6) is 0 Å². The molecule has 4 heteroatoms. The van der Waals surface area contributed by atoms with Crippen molar-refractivity contribution < 1.29 is 18.7 Å². The van der Waals surface area contributed by atoms with E-state index in [1.165, 1.54) is 0 Å².